The lowest BCUT2D eigenvalue weighted by Crippen LogP contribution is -1.94. The van der Waals surface area contributed by atoms with E-state index in [9.17, 15) is 20.4 Å². The van der Waals surface area contributed by atoms with Crippen LogP contribution in [-0.2, 0) is 0 Å². The molecule has 4 N–H and O–H groups in total. The number of aromatic nitrogens is 1. The maximum atomic E-state index is 10.8. The number of phenols is 4. The maximum Gasteiger partial charge on any atom is 0.205 e. The first-order valence-electron chi connectivity index (χ1n) is 9.69. The van der Waals surface area contributed by atoms with E-state index in [-0.39, 0.29) is 0 Å². The minimum atomic E-state index is -0.736. The van der Waals surface area contributed by atoms with Crippen molar-refractivity contribution in [3.05, 3.63) is 67.3 Å². The first-order chi connectivity index (χ1) is 15.0. The number of phenolic OH excluding ortho intramolecular Hbond substituents is 4. The predicted molar refractivity (Wildman–Crippen MR) is 128 cm³/mol. The number of hydrogen-bond donors (Lipinski definition) is 4. The molecule has 0 aliphatic rings. The summed E-state index contributed by atoms with van der Waals surface area (Å²) in [6.45, 7) is 5.78. The third-order valence-corrected chi connectivity index (χ3v) is 6.66. The Labute approximate surface area is 181 Å². The summed E-state index contributed by atoms with van der Waals surface area (Å²) in [7, 11) is 0. The fourth-order valence-corrected chi connectivity index (χ4v) is 5.40. The number of thiophene rings is 1. The Morgan fingerprint density at radius 2 is 1.65 bits per heavy atom. The molecule has 0 amide bonds. The van der Waals surface area contributed by atoms with E-state index in [1.807, 2.05) is 61.5 Å². The van der Waals surface area contributed by atoms with Gasteiger partial charge in [0, 0.05) is 26.6 Å². The van der Waals surface area contributed by atoms with Crippen molar-refractivity contribution < 1.29 is 20.4 Å². The van der Waals surface area contributed by atoms with E-state index in [0.717, 1.165) is 32.2 Å². The average molecular weight is 429 g/mol. The van der Waals surface area contributed by atoms with E-state index in [0.29, 0.717) is 15.5 Å². The molecule has 5 aromatic rings. The van der Waals surface area contributed by atoms with Gasteiger partial charge in [0.25, 0.3) is 0 Å². The zero-order valence-corrected chi connectivity index (χ0v) is 17.4. The zero-order chi connectivity index (χ0) is 21.9. The Kier molecular flexibility index (Phi) is 4.20. The summed E-state index contributed by atoms with van der Waals surface area (Å²) in [4.78, 5) is 0. The van der Waals surface area contributed by atoms with Gasteiger partial charge in [0.05, 0.1) is 21.1 Å². The van der Waals surface area contributed by atoms with Crippen LogP contribution in [0, 0.1) is 0 Å². The molecule has 5 nitrogen and oxygen atoms in total. The number of hydrogen-bond acceptors (Lipinski definition) is 5. The average Bonchev–Trinajstić information content (AvgIpc) is 3.32. The van der Waals surface area contributed by atoms with E-state index < -0.39 is 23.0 Å². The molecule has 0 radical (unpaired) electrons. The molecular weight excluding hydrogens is 410 g/mol. The topological polar surface area (TPSA) is 85.9 Å². The van der Waals surface area contributed by atoms with Gasteiger partial charge in [-0.25, -0.2) is 0 Å². The lowest BCUT2D eigenvalue weighted by molar-refractivity contribution is 0.351. The molecule has 0 saturated carbocycles. The molecular formula is C25H19NO4S. The van der Waals surface area contributed by atoms with E-state index in [4.69, 9.17) is 0 Å². The Bertz CT molecular complexity index is 1600. The van der Waals surface area contributed by atoms with Gasteiger partial charge in [-0.3, -0.25) is 0 Å². The second-order valence-electron chi connectivity index (χ2n) is 7.22. The SMILES string of the molecule is C=C/C=C(\C=C/C)n1c2ccccc2c2ccc3sc4c(O)c(O)c(O)c(O)c4c3c21. The highest BCUT2D eigenvalue weighted by Gasteiger charge is 2.25. The van der Waals surface area contributed by atoms with E-state index in [1.165, 1.54) is 11.3 Å². The molecule has 2 aromatic heterocycles. The quantitative estimate of drug-likeness (QED) is 0.148. The van der Waals surface area contributed by atoms with Crippen LogP contribution < -0.4 is 0 Å². The highest BCUT2D eigenvalue weighted by molar-refractivity contribution is 7.26. The van der Waals surface area contributed by atoms with Crippen molar-refractivity contribution in [2.45, 2.75) is 6.92 Å². The summed E-state index contributed by atoms with van der Waals surface area (Å²) in [6.07, 6.45) is 7.53. The van der Waals surface area contributed by atoms with Crippen molar-refractivity contribution in [2.75, 3.05) is 0 Å². The maximum absolute atomic E-state index is 10.8. The molecule has 0 saturated heterocycles. The molecule has 31 heavy (non-hydrogen) atoms. The van der Waals surface area contributed by atoms with Crippen LogP contribution in [0.25, 0.3) is 47.7 Å². The van der Waals surface area contributed by atoms with Crippen LogP contribution in [0.1, 0.15) is 6.92 Å². The summed E-state index contributed by atoms with van der Waals surface area (Å²) < 4.78 is 3.20. The second-order valence-corrected chi connectivity index (χ2v) is 8.27. The summed E-state index contributed by atoms with van der Waals surface area (Å²) in [5, 5.41) is 44.5. The third kappa shape index (κ3) is 2.49. The molecule has 3 aromatic carbocycles. The zero-order valence-electron chi connectivity index (χ0n) is 16.6. The molecule has 6 heteroatoms. The van der Waals surface area contributed by atoms with Crippen molar-refractivity contribution in [1.29, 1.82) is 0 Å². The minimum Gasteiger partial charge on any atom is -0.504 e. The predicted octanol–water partition coefficient (Wildman–Crippen LogP) is 6.59. The van der Waals surface area contributed by atoms with Crippen molar-refractivity contribution in [1.82, 2.24) is 4.57 Å². The summed E-state index contributed by atoms with van der Waals surface area (Å²) in [6, 6.07) is 11.9. The fourth-order valence-electron chi connectivity index (χ4n) is 4.25. The molecule has 0 spiro atoms. The second kappa shape index (κ2) is 6.82. The number of para-hydroxylation sites is 1. The molecule has 5 rings (SSSR count). The molecule has 0 aliphatic heterocycles. The lowest BCUT2D eigenvalue weighted by atomic mass is 10.1. The van der Waals surface area contributed by atoms with Crippen LogP contribution in [-0.4, -0.2) is 25.0 Å². The van der Waals surface area contributed by atoms with Crippen LogP contribution in [0.2, 0.25) is 0 Å². The van der Waals surface area contributed by atoms with Gasteiger partial charge in [-0.1, -0.05) is 43.0 Å². The lowest BCUT2D eigenvalue weighted by Gasteiger charge is -2.10. The summed E-state index contributed by atoms with van der Waals surface area (Å²) in [5.74, 6) is -2.37. The van der Waals surface area contributed by atoms with Crippen LogP contribution in [0.15, 0.2) is 67.3 Å². The van der Waals surface area contributed by atoms with Crippen molar-refractivity contribution in [2.24, 2.45) is 0 Å². The van der Waals surface area contributed by atoms with Crippen molar-refractivity contribution >= 4 is 59.0 Å². The Balaban J connectivity index is 2.14. The van der Waals surface area contributed by atoms with Gasteiger partial charge >= 0.3 is 0 Å². The van der Waals surface area contributed by atoms with Gasteiger partial charge in [-0.2, -0.15) is 0 Å². The number of nitrogens with zero attached hydrogens (tertiary/aromatic N) is 1. The Morgan fingerprint density at radius 3 is 2.39 bits per heavy atom. The number of fused-ring (bicyclic) bond motifs is 7. The van der Waals surface area contributed by atoms with Crippen LogP contribution in [0.4, 0.5) is 0 Å². The normalized spacial score (nSPS) is 12.7. The van der Waals surface area contributed by atoms with E-state index >= 15 is 0 Å². The highest BCUT2D eigenvalue weighted by Crippen LogP contribution is 2.55. The smallest absolute Gasteiger partial charge is 0.205 e. The first-order valence-corrected chi connectivity index (χ1v) is 10.5. The van der Waals surface area contributed by atoms with Gasteiger partial charge in [-0.15, -0.1) is 11.3 Å². The summed E-state index contributed by atoms with van der Waals surface area (Å²) >= 11 is 1.25. The third-order valence-electron chi connectivity index (χ3n) is 5.50. The number of rotatable bonds is 3. The molecule has 0 aliphatic carbocycles. The molecule has 0 fully saturated rings. The Morgan fingerprint density at radius 1 is 0.903 bits per heavy atom. The van der Waals surface area contributed by atoms with Gasteiger partial charge in [0.15, 0.2) is 11.5 Å². The van der Waals surface area contributed by atoms with Crippen molar-refractivity contribution in [3.8, 4) is 23.0 Å². The fraction of sp³-hybridized carbons (Fsp3) is 0.0400. The molecule has 154 valence electrons. The summed E-state index contributed by atoms with van der Waals surface area (Å²) in [5.41, 5.74) is 2.68. The van der Waals surface area contributed by atoms with Crippen LogP contribution >= 0.6 is 11.3 Å². The molecule has 0 bridgehead atoms. The number of benzene rings is 3. The van der Waals surface area contributed by atoms with Gasteiger partial charge < -0.3 is 25.0 Å². The standard InChI is InChI=1S/C25H19NO4S/c1-3-7-13(8-4-2)26-16-10-6-5-9-14(16)15-11-12-17-18(20(15)26)19-21(27)22(28)23(29)24(30)25(19)31-17/h3-12,27-30H,1H2,2H3/b8-4-,13-7+. The highest BCUT2D eigenvalue weighted by atomic mass is 32.1. The number of allylic oxidation sites excluding steroid dienone is 5. The number of aromatic hydroxyl groups is 4. The van der Waals surface area contributed by atoms with E-state index in [1.54, 1.807) is 6.08 Å². The first kappa shape index (κ1) is 19.1. The minimum absolute atomic E-state index is 0.306. The van der Waals surface area contributed by atoms with E-state index in [2.05, 4.69) is 11.1 Å². The van der Waals surface area contributed by atoms with Gasteiger partial charge in [0.2, 0.25) is 11.5 Å². The molecule has 0 unspecified atom stereocenters. The van der Waals surface area contributed by atoms with Crippen molar-refractivity contribution in [3.63, 3.8) is 0 Å². The largest absolute Gasteiger partial charge is 0.504 e. The van der Waals surface area contributed by atoms with Crippen LogP contribution in [0.3, 0.4) is 0 Å². The monoisotopic (exact) mass is 429 g/mol. The molecule has 2 heterocycles. The van der Waals surface area contributed by atoms with Gasteiger partial charge in [-0.05, 0) is 31.2 Å². The van der Waals surface area contributed by atoms with Crippen LogP contribution in [0.5, 0.6) is 23.0 Å². The van der Waals surface area contributed by atoms with Gasteiger partial charge in [0.1, 0.15) is 0 Å². The molecule has 0 atom stereocenters. The Hall–Kier alpha value is -3.90.